The first kappa shape index (κ1) is 56.9. The number of ether oxygens (including phenoxy) is 3. The SMILES string of the molecule is CCCCC/C=C\CCCCCCCC(=O)OC[C@H](COC(=O)CCCCCCCCCCCCCCCCCCC)OC(=O)CCCCCCC/C=C\CCCCC. The van der Waals surface area contributed by atoms with E-state index >= 15 is 0 Å². The van der Waals surface area contributed by atoms with Crippen molar-refractivity contribution in [2.24, 2.45) is 0 Å². The van der Waals surface area contributed by atoms with Crippen molar-refractivity contribution in [1.29, 1.82) is 0 Å². The summed E-state index contributed by atoms with van der Waals surface area (Å²) in [6.07, 6.45) is 54.4. The fourth-order valence-electron chi connectivity index (χ4n) is 7.49. The first-order valence-electron chi connectivity index (χ1n) is 25.8. The first-order chi connectivity index (χ1) is 29.0. The van der Waals surface area contributed by atoms with Crippen LogP contribution >= 0.6 is 0 Å². The van der Waals surface area contributed by atoms with Crippen molar-refractivity contribution in [3.63, 3.8) is 0 Å². The second-order valence-electron chi connectivity index (χ2n) is 17.4. The predicted molar refractivity (Wildman–Crippen MR) is 252 cm³/mol. The molecule has 0 heterocycles. The van der Waals surface area contributed by atoms with Crippen molar-refractivity contribution in [3.8, 4) is 0 Å². The van der Waals surface area contributed by atoms with Crippen LogP contribution in [-0.4, -0.2) is 37.2 Å². The molecule has 6 nitrogen and oxygen atoms in total. The van der Waals surface area contributed by atoms with Gasteiger partial charge in [0.1, 0.15) is 13.2 Å². The third-order valence-corrected chi connectivity index (χ3v) is 11.4. The standard InChI is InChI=1S/C53H98O6/c1-4-7-10-13-16-19-22-25-26-27-28-29-32-34-37-40-43-46-52(55)58-49-50(59-53(56)47-44-41-38-35-31-24-21-18-15-12-9-6-3)48-57-51(54)45-42-39-36-33-30-23-20-17-14-11-8-5-2/h17-18,20-21,50H,4-16,19,22-49H2,1-3H3/b20-17-,21-18-/t50-/m1/s1. The summed E-state index contributed by atoms with van der Waals surface area (Å²) in [5.41, 5.74) is 0. The molecule has 0 unspecified atom stereocenters. The molecular formula is C53H98O6. The minimum absolute atomic E-state index is 0.0736. The highest BCUT2D eigenvalue weighted by molar-refractivity contribution is 5.71. The third kappa shape index (κ3) is 46.8. The van der Waals surface area contributed by atoms with Gasteiger partial charge in [-0.1, -0.05) is 212 Å². The van der Waals surface area contributed by atoms with Gasteiger partial charge in [-0.05, 0) is 70.6 Å². The van der Waals surface area contributed by atoms with E-state index in [1.807, 2.05) is 0 Å². The Hall–Kier alpha value is -2.11. The molecule has 0 radical (unpaired) electrons. The van der Waals surface area contributed by atoms with E-state index in [0.29, 0.717) is 19.3 Å². The van der Waals surface area contributed by atoms with E-state index in [1.54, 1.807) is 0 Å². The Kier molecular flexibility index (Phi) is 46.8. The molecule has 0 saturated heterocycles. The molecule has 0 bridgehead atoms. The van der Waals surface area contributed by atoms with E-state index in [-0.39, 0.29) is 31.1 Å². The van der Waals surface area contributed by atoms with E-state index in [2.05, 4.69) is 45.1 Å². The van der Waals surface area contributed by atoms with E-state index in [1.165, 1.54) is 167 Å². The minimum atomic E-state index is -0.773. The zero-order valence-corrected chi connectivity index (χ0v) is 39.5. The Labute approximate surface area is 366 Å². The van der Waals surface area contributed by atoms with Gasteiger partial charge in [-0.15, -0.1) is 0 Å². The van der Waals surface area contributed by atoms with Crippen LogP contribution in [0.5, 0.6) is 0 Å². The second-order valence-corrected chi connectivity index (χ2v) is 17.4. The summed E-state index contributed by atoms with van der Waals surface area (Å²) < 4.78 is 16.8. The van der Waals surface area contributed by atoms with Crippen LogP contribution in [0.3, 0.4) is 0 Å². The number of hydrogen-bond acceptors (Lipinski definition) is 6. The van der Waals surface area contributed by atoms with Gasteiger partial charge in [0.2, 0.25) is 0 Å². The van der Waals surface area contributed by atoms with Crippen molar-refractivity contribution in [2.45, 2.75) is 284 Å². The van der Waals surface area contributed by atoms with Crippen molar-refractivity contribution in [1.82, 2.24) is 0 Å². The highest BCUT2D eigenvalue weighted by Gasteiger charge is 2.19. The van der Waals surface area contributed by atoms with E-state index in [9.17, 15) is 14.4 Å². The summed E-state index contributed by atoms with van der Waals surface area (Å²) in [4.78, 5) is 37.9. The molecule has 0 aromatic heterocycles. The Morgan fingerprint density at radius 3 is 0.881 bits per heavy atom. The molecule has 0 N–H and O–H groups in total. The summed E-state index contributed by atoms with van der Waals surface area (Å²) in [6, 6.07) is 0. The number of unbranched alkanes of at least 4 members (excludes halogenated alkanes) is 32. The molecule has 0 fully saturated rings. The molecule has 0 saturated carbocycles. The molecule has 0 rings (SSSR count). The van der Waals surface area contributed by atoms with Crippen LogP contribution in [0.1, 0.15) is 278 Å². The second kappa shape index (κ2) is 48.6. The summed E-state index contributed by atoms with van der Waals surface area (Å²) in [6.45, 7) is 6.60. The number of esters is 3. The molecular weight excluding hydrogens is 733 g/mol. The lowest BCUT2D eigenvalue weighted by Crippen LogP contribution is -2.30. The zero-order chi connectivity index (χ0) is 43.0. The van der Waals surface area contributed by atoms with Gasteiger partial charge in [0.25, 0.3) is 0 Å². The van der Waals surface area contributed by atoms with Gasteiger partial charge < -0.3 is 14.2 Å². The van der Waals surface area contributed by atoms with Gasteiger partial charge >= 0.3 is 17.9 Å². The Morgan fingerprint density at radius 2 is 0.559 bits per heavy atom. The number of allylic oxidation sites excluding steroid dienone is 4. The maximum atomic E-state index is 12.8. The number of carbonyl (C=O) groups is 3. The van der Waals surface area contributed by atoms with Crippen molar-refractivity contribution < 1.29 is 28.6 Å². The van der Waals surface area contributed by atoms with Gasteiger partial charge in [0.15, 0.2) is 6.10 Å². The lowest BCUT2D eigenvalue weighted by molar-refractivity contribution is -0.167. The average Bonchev–Trinajstić information content (AvgIpc) is 3.23. The molecule has 0 amide bonds. The topological polar surface area (TPSA) is 78.9 Å². The number of rotatable bonds is 47. The number of carbonyl (C=O) groups excluding carboxylic acids is 3. The van der Waals surface area contributed by atoms with Crippen molar-refractivity contribution in [2.75, 3.05) is 13.2 Å². The quantitative estimate of drug-likeness (QED) is 0.0263. The summed E-state index contributed by atoms with van der Waals surface area (Å²) in [5, 5.41) is 0. The monoisotopic (exact) mass is 831 g/mol. The molecule has 0 aromatic rings. The molecule has 6 heteroatoms. The molecule has 0 aliphatic rings. The van der Waals surface area contributed by atoms with Crippen LogP contribution in [0, 0.1) is 0 Å². The lowest BCUT2D eigenvalue weighted by Gasteiger charge is -2.18. The minimum Gasteiger partial charge on any atom is -0.462 e. The van der Waals surface area contributed by atoms with Crippen molar-refractivity contribution in [3.05, 3.63) is 24.3 Å². The van der Waals surface area contributed by atoms with E-state index < -0.39 is 6.10 Å². The van der Waals surface area contributed by atoms with Crippen LogP contribution in [-0.2, 0) is 28.6 Å². The molecule has 346 valence electrons. The molecule has 1 atom stereocenters. The van der Waals surface area contributed by atoms with Crippen LogP contribution in [0.25, 0.3) is 0 Å². The molecule has 59 heavy (non-hydrogen) atoms. The molecule has 0 aliphatic carbocycles. The van der Waals surface area contributed by atoms with Crippen LogP contribution in [0.4, 0.5) is 0 Å². The highest BCUT2D eigenvalue weighted by Crippen LogP contribution is 2.16. The smallest absolute Gasteiger partial charge is 0.306 e. The molecule has 0 spiro atoms. The Morgan fingerprint density at radius 1 is 0.322 bits per heavy atom. The van der Waals surface area contributed by atoms with Gasteiger partial charge in [-0.3, -0.25) is 14.4 Å². The maximum Gasteiger partial charge on any atom is 0.306 e. The molecule has 0 aliphatic heterocycles. The van der Waals surface area contributed by atoms with E-state index in [0.717, 1.165) is 70.6 Å². The van der Waals surface area contributed by atoms with Gasteiger partial charge in [-0.25, -0.2) is 0 Å². The van der Waals surface area contributed by atoms with Crippen LogP contribution in [0.15, 0.2) is 24.3 Å². The Bertz CT molecular complexity index is 958. The predicted octanol–water partition coefficient (Wildman–Crippen LogP) is 16.8. The fraction of sp³-hybridized carbons (Fsp3) is 0.868. The normalized spacial score (nSPS) is 12.1. The highest BCUT2D eigenvalue weighted by atomic mass is 16.6. The third-order valence-electron chi connectivity index (χ3n) is 11.4. The van der Waals surface area contributed by atoms with Crippen LogP contribution in [0.2, 0.25) is 0 Å². The summed E-state index contributed by atoms with van der Waals surface area (Å²) in [5.74, 6) is -0.881. The fourth-order valence-corrected chi connectivity index (χ4v) is 7.49. The average molecular weight is 831 g/mol. The summed E-state index contributed by atoms with van der Waals surface area (Å²) >= 11 is 0. The lowest BCUT2D eigenvalue weighted by atomic mass is 10.0. The zero-order valence-electron chi connectivity index (χ0n) is 39.5. The maximum absolute atomic E-state index is 12.8. The van der Waals surface area contributed by atoms with Crippen molar-refractivity contribution >= 4 is 17.9 Å². The first-order valence-corrected chi connectivity index (χ1v) is 25.8. The largest absolute Gasteiger partial charge is 0.462 e. The van der Waals surface area contributed by atoms with Crippen LogP contribution < -0.4 is 0 Å². The summed E-state index contributed by atoms with van der Waals surface area (Å²) in [7, 11) is 0. The van der Waals surface area contributed by atoms with Gasteiger partial charge in [0, 0.05) is 19.3 Å². The number of hydrogen-bond donors (Lipinski definition) is 0. The van der Waals surface area contributed by atoms with E-state index in [4.69, 9.17) is 14.2 Å². The Balaban J connectivity index is 4.31. The molecule has 0 aromatic carbocycles. The van der Waals surface area contributed by atoms with Gasteiger partial charge in [0.05, 0.1) is 0 Å². The van der Waals surface area contributed by atoms with Gasteiger partial charge in [-0.2, -0.15) is 0 Å².